The highest BCUT2D eigenvalue weighted by Gasteiger charge is 2.32. The van der Waals surface area contributed by atoms with Crippen molar-refractivity contribution in [1.82, 2.24) is 4.90 Å². The third kappa shape index (κ3) is 3.57. The lowest BCUT2D eigenvalue weighted by molar-refractivity contribution is 0.106. The van der Waals surface area contributed by atoms with Crippen LogP contribution in [0.2, 0.25) is 0 Å². The molecule has 0 fully saturated rings. The van der Waals surface area contributed by atoms with Gasteiger partial charge in [-0.05, 0) is 61.4 Å². The third-order valence-electron chi connectivity index (χ3n) is 4.05. The Labute approximate surface area is 128 Å². The van der Waals surface area contributed by atoms with Gasteiger partial charge in [-0.1, -0.05) is 13.8 Å². The fourth-order valence-corrected chi connectivity index (χ4v) is 2.87. The SMILES string of the molecule is CCN(CC)C(C)(C)C(N)Cc1c(F)ccc(Br)c1F. The predicted molar refractivity (Wildman–Crippen MR) is 82.7 cm³/mol. The Balaban J connectivity index is 3.01. The van der Waals surface area contributed by atoms with Gasteiger partial charge in [0, 0.05) is 17.1 Å². The van der Waals surface area contributed by atoms with Crippen LogP contribution in [0.5, 0.6) is 0 Å². The molecule has 0 radical (unpaired) electrons. The third-order valence-corrected chi connectivity index (χ3v) is 4.66. The summed E-state index contributed by atoms with van der Waals surface area (Å²) in [7, 11) is 0. The molecule has 0 heterocycles. The smallest absolute Gasteiger partial charge is 0.143 e. The van der Waals surface area contributed by atoms with Crippen molar-refractivity contribution < 1.29 is 8.78 Å². The van der Waals surface area contributed by atoms with E-state index in [2.05, 4.69) is 34.7 Å². The van der Waals surface area contributed by atoms with Crippen molar-refractivity contribution in [2.45, 2.75) is 45.7 Å². The Bertz CT molecular complexity index is 459. The van der Waals surface area contributed by atoms with Crippen LogP contribution in [0.15, 0.2) is 16.6 Å². The summed E-state index contributed by atoms with van der Waals surface area (Å²) in [6, 6.07) is 2.27. The summed E-state index contributed by atoms with van der Waals surface area (Å²) in [5.74, 6) is -1.10. The summed E-state index contributed by atoms with van der Waals surface area (Å²) in [5, 5.41) is 0. The average molecular weight is 349 g/mol. The lowest BCUT2D eigenvalue weighted by Gasteiger charge is -2.42. The topological polar surface area (TPSA) is 29.3 Å². The molecular weight excluding hydrogens is 326 g/mol. The fraction of sp³-hybridized carbons (Fsp3) is 0.600. The molecule has 2 nitrogen and oxygen atoms in total. The molecule has 0 aliphatic carbocycles. The first-order valence-electron chi connectivity index (χ1n) is 6.88. The molecule has 20 heavy (non-hydrogen) atoms. The molecule has 0 aliphatic rings. The van der Waals surface area contributed by atoms with Gasteiger partial charge < -0.3 is 5.73 Å². The van der Waals surface area contributed by atoms with Gasteiger partial charge in [-0.3, -0.25) is 4.90 Å². The maximum Gasteiger partial charge on any atom is 0.143 e. The van der Waals surface area contributed by atoms with Gasteiger partial charge in [-0.15, -0.1) is 0 Å². The van der Waals surface area contributed by atoms with E-state index in [0.29, 0.717) is 0 Å². The molecule has 0 amide bonds. The molecular formula is C15H23BrF2N2. The zero-order valence-corrected chi connectivity index (χ0v) is 14.1. The summed E-state index contributed by atoms with van der Waals surface area (Å²) in [4.78, 5) is 2.20. The van der Waals surface area contributed by atoms with Gasteiger partial charge in [0.1, 0.15) is 11.6 Å². The number of likely N-dealkylation sites (N-methyl/N-ethyl adjacent to an activating group) is 1. The van der Waals surface area contributed by atoms with Gasteiger partial charge in [0.25, 0.3) is 0 Å². The van der Waals surface area contributed by atoms with Crippen LogP contribution < -0.4 is 5.73 Å². The van der Waals surface area contributed by atoms with Crippen LogP contribution in [0.3, 0.4) is 0 Å². The number of nitrogens with two attached hydrogens (primary N) is 1. The molecule has 1 rings (SSSR count). The van der Waals surface area contributed by atoms with Crippen LogP contribution in [0.1, 0.15) is 33.3 Å². The van der Waals surface area contributed by atoms with Crippen LogP contribution in [0.4, 0.5) is 8.78 Å². The number of halogens is 3. The van der Waals surface area contributed by atoms with E-state index >= 15 is 0 Å². The summed E-state index contributed by atoms with van der Waals surface area (Å²) in [5.41, 5.74) is 5.95. The fourth-order valence-electron chi connectivity index (χ4n) is 2.50. The Morgan fingerprint density at radius 1 is 1.25 bits per heavy atom. The van der Waals surface area contributed by atoms with E-state index in [1.165, 1.54) is 12.1 Å². The van der Waals surface area contributed by atoms with E-state index in [4.69, 9.17) is 5.73 Å². The van der Waals surface area contributed by atoms with Gasteiger partial charge in [0.15, 0.2) is 0 Å². The maximum absolute atomic E-state index is 14.0. The molecule has 2 N–H and O–H groups in total. The van der Waals surface area contributed by atoms with Crippen LogP contribution >= 0.6 is 15.9 Å². The molecule has 0 spiro atoms. The molecule has 1 aromatic rings. The first kappa shape index (κ1) is 17.5. The Morgan fingerprint density at radius 3 is 2.30 bits per heavy atom. The lowest BCUT2D eigenvalue weighted by Crippen LogP contribution is -2.57. The van der Waals surface area contributed by atoms with E-state index in [9.17, 15) is 8.78 Å². The molecule has 1 atom stereocenters. The minimum atomic E-state index is -0.559. The molecule has 0 aliphatic heterocycles. The van der Waals surface area contributed by atoms with Gasteiger partial charge in [0.05, 0.1) is 4.47 Å². The minimum absolute atomic E-state index is 0.0482. The van der Waals surface area contributed by atoms with E-state index in [1.807, 2.05) is 13.8 Å². The normalized spacial score (nSPS) is 13.8. The monoisotopic (exact) mass is 348 g/mol. The van der Waals surface area contributed by atoms with Crippen molar-refractivity contribution in [3.05, 3.63) is 33.8 Å². The number of benzene rings is 1. The maximum atomic E-state index is 14.0. The standard InChI is InChI=1S/C15H23BrF2N2/c1-5-20(6-2)15(3,4)13(19)9-10-12(17)8-7-11(16)14(10)18/h7-8,13H,5-6,9,19H2,1-4H3. The van der Waals surface area contributed by atoms with E-state index in [0.717, 1.165) is 13.1 Å². The minimum Gasteiger partial charge on any atom is -0.326 e. The molecule has 5 heteroatoms. The van der Waals surface area contributed by atoms with E-state index in [-0.39, 0.29) is 28.0 Å². The highest BCUT2D eigenvalue weighted by Crippen LogP contribution is 2.26. The van der Waals surface area contributed by atoms with Crippen molar-refractivity contribution >= 4 is 15.9 Å². The van der Waals surface area contributed by atoms with Gasteiger partial charge >= 0.3 is 0 Å². The van der Waals surface area contributed by atoms with Crippen molar-refractivity contribution in [3.8, 4) is 0 Å². The van der Waals surface area contributed by atoms with Crippen LogP contribution in [-0.2, 0) is 6.42 Å². The summed E-state index contributed by atoms with van der Waals surface area (Å²) >= 11 is 3.08. The van der Waals surface area contributed by atoms with E-state index in [1.54, 1.807) is 0 Å². The molecule has 1 aromatic carbocycles. The number of hydrogen-bond acceptors (Lipinski definition) is 2. The zero-order chi connectivity index (χ0) is 15.5. The van der Waals surface area contributed by atoms with Crippen LogP contribution in [0, 0.1) is 11.6 Å². The number of hydrogen-bond donors (Lipinski definition) is 1. The molecule has 0 bridgehead atoms. The van der Waals surface area contributed by atoms with Crippen molar-refractivity contribution in [1.29, 1.82) is 0 Å². The second kappa shape index (κ2) is 6.96. The molecule has 114 valence electrons. The average Bonchev–Trinajstić information content (AvgIpc) is 2.40. The molecule has 0 aromatic heterocycles. The predicted octanol–water partition coefficient (Wildman–Crippen LogP) is 3.72. The number of nitrogens with zero attached hydrogens (tertiary/aromatic N) is 1. The van der Waals surface area contributed by atoms with Gasteiger partial charge in [0.2, 0.25) is 0 Å². The number of rotatable bonds is 6. The Morgan fingerprint density at radius 2 is 1.80 bits per heavy atom. The molecule has 0 saturated carbocycles. The first-order valence-corrected chi connectivity index (χ1v) is 7.67. The molecule has 1 unspecified atom stereocenters. The van der Waals surface area contributed by atoms with Crippen LogP contribution in [0.25, 0.3) is 0 Å². The second-order valence-corrected chi connectivity index (χ2v) is 6.31. The van der Waals surface area contributed by atoms with Gasteiger partial charge in [-0.2, -0.15) is 0 Å². The second-order valence-electron chi connectivity index (χ2n) is 5.46. The highest BCUT2D eigenvalue weighted by molar-refractivity contribution is 9.10. The largest absolute Gasteiger partial charge is 0.326 e. The Kier molecular flexibility index (Phi) is 6.10. The summed E-state index contributed by atoms with van der Waals surface area (Å²) in [6.07, 6.45) is 0.167. The van der Waals surface area contributed by atoms with Crippen molar-refractivity contribution in [3.63, 3.8) is 0 Å². The summed E-state index contributed by atoms with van der Waals surface area (Å²) < 4.78 is 28.1. The van der Waals surface area contributed by atoms with Crippen LogP contribution in [-0.4, -0.2) is 29.6 Å². The molecule has 0 saturated heterocycles. The quantitative estimate of drug-likeness (QED) is 0.794. The van der Waals surface area contributed by atoms with E-state index < -0.39 is 11.6 Å². The van der Waals surface area contributed by atoms with Crippen molar-refractivity contribution in [2.75, 3.05) is 13.1 Å². The Hall–Kier alpha value is -0.520. The van der Waals surface area contributed by atoms with Crippen molar-refractivity contribution in [2.24, 2.45) is 5.73 Å². The lowest BCUT2D eigenvalue weighted by atomic mass is 9.88. The highest BCUT2D eigenvalue weighted by atomic mass is 79.9. The van der Waals surface area contributed by atoms with Gasteiger partial charge in [-0.25, -0.2) is 8.78 Å². The summed E-state index contributed by atoms with van der Waals surface area (Å²) in [6.45, 7) is 9.83. The zero-order valence-electron chi connectivity index (χ0n) is 12.5. The first-order chi connectivity index (χ1) is 9.25.